The first-order valence-corrected chi connectivity index (χ1v) is 10.9. The highest BCUT2D eigenvalue weighted by Crippen LogP contribution is 2.36. The van der Waals surface area contributed by atoms with Crippen molar-refractivity contribution >= 4 is 23.4 Å². The topological polar surface area (TPSA) is 71.5 Å². The Kier molecular flexibility index (Phi) is 5.69. The third-order valence-electron chi connectivity index (χ3n) is 6.05. The number of fused-ring (bicyclic) bond motifs is 1. The molecule has 1 amide bonds. The van der Waals surface area contributed by atoms with E-state index in [2.05, 4.69) is 10.3 Å². The van der Waals surface area contributed by atoms with E-state index in [0.717, 1.165) is 28.9 Å². The van der Waals surface area contributed by atoms with Crippen molar-refractivity contribution < 1.29 is 27.5 Å². The molecule has 0 spiro atoms. The second-order valence-corrected chi connectivity index (χ2v) is 8.26. The SMILES string of the molecule is O=C(N[C@@H]1CCOC1=O)c1cccc2c1CCN2c1cc(Cc2cc(F)c(F)c(F)c2)ccn1. The summed E-state index contributed by atoms with van der Waals surface area (Å²) in [6.45, 7) is 0.880. The van der Waals surface area contributed by atoms with Crippen molar-refractivity contribution in [2.75, 3.05) is 18.1 Å². The number of halogens is 3. The number of hydrogen-bond donors (Lipinski definition) is 1. The fourth-order valence-electron chi connectivity index (χ4n) is 4.41. The summed E-state index contributed by atoms with van der Waals surface area (Å²) in [6.07, 6.45) is 2.85. The van der Waals surface area contributed by atoms with E-state index in [9.17, 15) is 22.8 Å². The maximum absolute atomic E-state index is 13.6. The number of aromatic nitrogens is 1. The van der Waals surface area contributed by atoms with Gasteiger partial charge in [-0.2, -0.15) is 0 Å². The summed E-state index contributed by atoms with van der Waals surface area (Å²) in [5, 5.41) is 2.74. The van der Waals surface area contributed by atoms with Gasteiger partial charge in [0.05, 0.1) is 6.61 Å². The first kappa shape index (κ1) is 21.9. The molecule has 0 unspecified atom stereocenters. The zero-order valence-electron chi connectivity index (χ0n) is 18.0. The van der Waals surface area contributed by atoms with Crippen LogP contribution in [0.5, 0.6) is 0 Å². The molecular weight excluding hydrogens is 447 g/mol. The van der Waals surface area contributed by atoms with Crippen LogP contribution in [-0.4, -0.2) is 36.1 Å². The normalized spacial score (nSPS) is 17.0. The molecule has 34 heavy (non-hydrogen) atoms. The number of cyclic esters (lactones) is 1. The Bertz CT molecular complexity index is 1270. The molecule has 1 saturated heterocycles. The predicted octanol–water partition coefficient (Wildman–Crippen LogP) is 3.83. The smallest absolute Gasteiger partial charge is 0.328 e. The van der Waals surface area contributed by atoms with Crippen LogP contribution in [0.3, 0.4) is 0 Å². The lowest BCUT2D eigenvalue weighted by Crippen LogP contribution is -2.38. The average molecular weight is 467 g/mol. The van der Waals surface area contributed by atoms with Crippen LogP contribution < -0.4 is 10.2 Å². The van der Waals surface area contributed by atoms with Crippen LogP contribution in [0.2, 0.25) is 0 Å². The zero-order chi connectivity index (χ0) is 23.8. The van der Waals surface area contributed by atoms with Gasteiger partial charge in [-0.3, -0.25) is 4.79 Å². The quantitative estimate of drug-likeness (QED) is 0.456. The number of nitrogens with one attached hydrogen (secondary N) is 1. The monoisotopic (exact) mass is 467 g/mol. The van der Waals surface area contributed by atoms with Gasteiger partial charge in [0, 0.05) is 30.4 Å². The lowest BCUT2D eigenvalue weighted by Gasteiger charge is -2.19. The van der Waals surface area contributed by atoms with Crippen LogP contribution in [0.25, 0.3) is 0 Å². The minimum absolute atomic E-state index is 0.199. The molecule has 1 aromatic heterocycles. The molecule has 0 aliphatic carbocycles. The van der Waals surface area contributed by atoms with Crippen LogP contribution in [0, 0.1) is 17.5 Å². The van der Waals surface area contributed by atoms with Gasteiger partial charge in [-0.25, -0.2) is 22.9 Å². The molecule has 1 atom stereocenters. The van der Waals surface area contributed by atoms with Crippen molar-refractivity contribution in [1.82, 2.24) is 10.3 Å². The number of anilines is 2. The fraction of sp³-hybridized carbons (Fsp3) is 0.240. The van der Waals surface area contributed by atoms with Gasteiger partial charge in [0.1, 0.15) is 11.9 Å². The highest BCUT2D eigenvalue weighted by molar-refractivity contribution is 6.00. The van der Waals surface area contributed by atoms with E-state index < -0.39 is 29.5 Å². The number of carbonyl (C=O) groups excluding carboxylic acids is 2. The number of hydrogen-bond acceptors (Lipinski definition) is 5. The molecule has 3 aromatic rings. The predicted molar refractivity (Wildman–Crippen MR) is 117 cm³/mol. The van der Waals surface area contributed by atoms with E-state index in [1.165, 1.54) is 0 Å². The summed E-state index contributed by atoms with van der Waals surface area (Å²) in [7, 11) is 0. The first-order valence-electron chi connectivity index (χ1n) is 10.9. The number of ether oxygens (including phenoxy) is 1. The standard InChI is InChI=1S/C25H20F3N3O3/c26-18-11-15(12-19(27)23(18)28)10-14-4-7-29-22(13-14)31-8-5-16-17(2-1-3-21(16)31)24(32)30-20-6-9-34-25(20)33/h1-4,7,11-13,20H,5-6,8-10H2,(H,30,32)/t20-/m1/s1. The van der Waals surface area contributed by atoms with Crippen molar-refractivity contribution in [3.05, 3.63) is 88.4 Å². The van der Waals surface area contributed by atoms with Crippen molar-refractivity contribution in [2.45, 2.75) is 25.3 Å². The minimum atomic E-state index is -1.49. The Morgan fingerprint density at radius 1 is 1.12 bits per heavy atom. The third kappa shape index (κ3) is 4.09. The maximum atomic E-state index is 13.6. The number of amides is 1. The highest BCUT2D eigenvalue weighted by Gasteiger charge is 2.31. The van der Waals surface area contributed by atoms with Crippen molar-refractivity contribution in [2.24, 2.45) is 0 Å². The molecule has 0 radical (unpaired) electrons. The molecule has 1 N–H and O–H groups in total. The lowest BCUT2D eigenvalue weighted by atomic mass is 10.0. The zero-order valence-corrected chi connectivity index (χ0v) is 18.0. The number of esters is 1. The van der Waals surface area contributed by atoms with Crippen LogP contribution in [0.15, 0.2) is 48.7 Å². The van der Waals surface area contributed by atoms with Gasteiger partial charge in [0.2, 0.25) is 0 Å². The Labute approximate surface area is 193 Å². The fourth-order valence-corrected chi connectivity index (χ4v) is 4.41. The molecule has 2 aliphatic heterocycles. The van der Waals surface area contributed by atoms with Gasteiger partial charge in [0.15, 0.2) is 17.5 Å². The Hall–Kier alpha value is -3.88. The second kappa shape index (κ2) is 8.81. The molecule has 0 saturated carbocycles. The van der Waals surface area contributed by atoms with E-state index in [1.54, 1.807) is 30.5 Å². The van der Waals surface area contributed by atoms with Gasteiger partial charge in [-0.05, 0) is 65.9 Å². The number of pyridine rings is 1. The summed E-state index contributed by atoms with van der Waals surface area (Å²) in [5.41, 5.74) is 3.22. The van der Waals surface area contributed by atoms with Crippen LogP contribution in [-0.2, 0) is 22.4 Å². The molecule has 2 aliphatic rings. The molecular formula is C25H20F3N3O3. The summed E-state index contributed by atoms with van der Waals surface area (Å²) < 4.78 is 45.4. The van der Waals surface area contributed by atoms with Crippen molar-refractivity contribution in [1.29, 1.82) is 0 Å². The third-order valence-corrected chi connectivity index (χ3v) is 6.05. The second-order valence-electron chi connectivity index (χ2n) is 8.26. The minimum Gasteiger partial charge on any atom is -0.464 e. The Morgan fingerprint density at radius 2 is 1.91 bits per heavy atom. The van der Waals surface area contributed by atoms with Gasteiger partial charge >= 0.3 is 5.97 Å². The molecule has 2 aromatic carbocycles. The highest BCUT2D eigenvalue weighted by atomic mass is 19.2. The van der Waals surface area contributed by atoms with Gasteiger partial charge < -0.3 is 15.0 Å². The van der Waals surface area contributed by atoms with Crippen LogP contribution >= 0.6 is 0 Å². The molecule has 3 heterocycles. The number of benzene rings is 2. The summed E-state index contributed by atoms with van der Waals surface area (Å²) in [4.78, 5) is 31.0. The molecule has 6 nitrogen and oxygen atoms in total. The van der Waals surface area contributed by atoms with Gasteiger partial charge in [-0.1, -0.05) is 6.07 Å². The van der Waals surface area contributed by atoms with E-state index in [4.69, 9.17) is 4.74 Å². The number of carbonyl (C=O) groups is 2. The molecule has 174 valence electrons. The van der Waals surface area contributed by atoms with Crippen LogP contribution in [0.4, 0.5) is 24.7 Å². The lowest BCUT2D eigenvalue weighted by molar-refractivity contribution is -0.139. The van der Waals surface area contributed by atoms with E-state index in [-0.39, 0.29) is 12.3 Å². The van der Waals surface area contributed by atoms with E-state index in [0.29, 0.717) is 42.9 Å². The molecule has 9 heteroatoms. The summed E-state index contributed by atoms with van der Waals surface area (Å²) >= 11 is 0. The average Bonchev–Trinajstić information content (AvgIpc) is 3.43. The van der Waals surface area contributed by atoms with Gasteiger partial charge in [0.25, 0.3) is 5.91 Å². The van der Waals surface area contributed by atoms with Gasteiger partial charge in [-0.15, -0.1) is 0 Å². The molecule has 1 fully saturated rings. The number of rotatable bonds is 5. The summed E-state index contributed by atoms with van der Waals surface area (Å²) in [6, 6.07) is 10.2. The Balaban J connectivity index is 1.38. The summed E-state index contributed by atoms with van der Waals surface area (Å²) in [5.74, 6) is -4.08. The van der Waals surface area contributed by atoms with E-state index >= 15 is 0 Å². The number of nitrogens with zero attached hydrogens (tertiary/aromatic N) is 2. The molecule has 5 rings (SSSR count). The first-order chi connectivity index (χ1) is 16.4. The Morgan fingerprint density at radius 3 is 2.65 bits per heavy atom. The molecule has 0 bridgehead atoms. The van der Waals surface area contributed by atoms with Crippen molar-refractivity contribution in [3.63, 3.8) is 0 Å². The maximum Gasteiger partial charge on any atom is 0.328 e. The van der Waals surface area contributed by atoms with Crippen molar-refractivity contribution in [3.8, 4) is 0 Å². The van der Waals surface area contributed by atoms with E-state index in [1.807, 2.05) is 11.0 Å². The largest absolute Gasteiger partial charge is 0.464 e. The van der Waals surface area contributed by atoms with Crippen LogP contribution in [0.1, 0.15) is 33.5 Å².